The average Bonchev–Trinajstić information content (AvgIpc) is 3.02. The molecule has 0 spiro atoms. The Balaban J connectivity index is 1.97. The van der Waals surface area contributed by atoms with E-state index < -0.39 is 0 Å². The van der Waals surface area contributed by atoms with Crippen molar-refractivity contribution in [3.05, 3.63) is 95.1 Å². The summed E-state index contributed by atoms with van der Waals surface area (Å²) in [5.41, 5.74) is 7.63. The Labute approximate surface area is 163 Å². The van der Waals surface area contributed by atoms with Crippen LogP contribution in [0.15, 0.2) is 66.7 Å². The molecule has 4 rings (SSSR count). The zero-order chi connectivity index (χ0) is 19.8. The summed E-state index contributed by atoms with van der Waals surface area (Å²) in [4.78, 5) is 0. The summed E-state index contributed by atoms with van der Waals surface area (Å²) < 4.78 is 28.7. The molecule has 0 atom stereocenters. The van der Waals surface area contributed by atoms with Gasteiger partial charge in [0, 0.05) is 16.7 Å². The van der Waals surface area contributed by atoms with E-state index in [0.717, 1.165) is 33.8 Å². The van der Waals surface area contributed by atoms with Gasteiger partial charge in [-0.2, -0.15) is 5.10 Å². The summed E-state index contributed by atoms with van der Waals surface area (Å²) in [6, 6.07) is 18.9. The Bertz CT molecular complexity index is 1140. The Morgan fingerprint density at radius 2 is 1.25 bits per heavy atom. The molecule has 0 aliphatic rings. The molecule has 0 saturated carbocycles. The number of hydrogen-bond acceptors (Lipinski definition) is 1. The van der Waals surface area contributed by atoms with Crippen molar-refractivity contribution in [3.8, 4) is 28.2 Å². The molecule has 1 heterocycles. The van der Waals surface area contributed by atoms with Crippen molar-refractivity contribution in [1.82, 2.24) is 9.78 Å². The molecule has 4 heteroatoms. The van der Waals surface area contributed by atoms with Crippen molar-refractivity contribution >= 4 is 0 Å². The van der Waals surface area contributed by atoms with Gasteiger partial charge in [0.25, 0.3) is 0 Å². The SMILES string of the molecule is Cc1ccc(-n2nc(-c3ccc(F)cc3)c(C)c2-c2ccc(F)cc2)cc1C. The first-order chi connectivity index (χ1) is 13.4. The van der Waals surface area contributed by atoms with Crippen LogP contribution in [0.3, 0.4) is 0 Å². The van der Waals surface area contributed by atoms with E-state index in [4.69, 9.17) is 5.10 Å². The summed E-state index contributed by atoms with van der Waals surface area (Å²) in [6.45, 7) is 6.12. The van der Waals surface area contributed by atoms with Crippen molar-refractivity contribution in [1.29, 1.82) is 0 Å². The van der Waals surface area contributed by atoms with Gasteiger partial charge in [0.1, 0.15) is 11.6 Å². The zero-order valence-electron chi connectivity index (χ0n) is 16.0. The van der Waals surface area contributed by atoms with Crippen LogP contribution in [0.25, 0.3) is 28.2 Å². The minimum Gasteiger partial charge on any atom is -0.232 e. The van der Waals surface area contributed by atoms with Crippen LogP contribution >= 0.6 is 0 Å². The van der Waals surface area contributed by atoms with E-state index in [1.807, 2.05) is 17.7 Å². The van der Waals surface area contributed by atoms with E-state index in [0.29, 0.717) is 0 Å². The highest BCUT2D eigenvalue weighted by molar-refractivity contribution is 5.75. The molecule has 0 unspecified atom stereocenters. The van der Waals surface area contributed by atoms with Gasteiger partial charge in [-0.05, 0) is 92.6 Å². The molecule has 0 saturated heterocycles. The van der Waals surface area contributed by atoms with E-state index in [-0.39, 0.29) is 11.6 Å². The van der Waals surface area contributed by atoms with E-state index >= 15 is 0 Å². The Kier molecular flexibility index (Phi) is 4.55. The van der Waals surface area contributed by atoms with Crippen LogP contribution < -0.4 is 0 Å². The molecular weight excluding hydrogens is 354 g/mol. The molecule has 1 aromatic heterocycles. The predicted octanol–water partition coefficient (Wildman–Crippen LogP) is 6.41. The number of halogens is 2. The van der Waals surface area contributed by atoms with Crippen LogP contribution in [-0.4, -0.2) is 9.78 Å². The summed E-state index contributed by atoms with van der Waals surface area (Å²) in [5, 5.41) is 4.85. The average molecular weight is 374 g/mol. The van der Waals surface area contributed by atoms with Gasteiger partial charge in [-0.1, -0.05) is 6.07 Å². The maximum Gasteiger partial charge on any atom is 0.123 e. The summed E-state index contributed by atoms with van der Waals surface area (Å²) >= 11 is 0. The summed E-state index contributed by atoms with van der Waals surface area (Å²) in [7, 11) is 0. The standard InChI is InChI=1S/C24H20F2N2/c1-15-4-13-22(14-16(15)2)28-24(19-7-11-21(26)12-8-19)17(3)23(27-28)18-5-9-20(25)10-6-18/h4-14H,1-3H3. The maximum absolute atomic E-state index is 13.5. The Hall–Kier alpha value is -3.27. The van der Waals surface area contributed by atoms with Gasteiger partial charge in [-0.3, -0.25) is 0 Å². The molecule has 0 aliphatic carbocycles. The first-order valence-corrected chi connectivity index (χ1v) is 9.13. The predicted molar refractivity (Wildman–Crippen MR) is 109 cm³/mol. The summed E-state index contributed by atoms with van der Waals surface area (Å²) in [5.74, 6) is -0.564. The second-order valence-corrected chi connectivity index (χ2v) is 7.02. The Morgan fingerprint density at radius 3 is 1.82 bits per heavy atom. The number of benzene rings is 3. The summed E-state index contributed by atoms with van der Waals surface area (Å²) in [6.07, 6.45) is 0. The highest BCUT2D eigenvalue weighted by Gasteiger charge is 2.19. The largest absolute Gasteiger partial charge is 0.232 e. The van der Waals surface area contributed by atoms with Gasteiger partial charge < -0.3 is 0 Å². The normalized spacial score (nSPS) is 11.0. The first kappa shape index (κ1) is 18.1. The van der Waals surface area contributed by atoms with E-state index in [1.165, 1.54) is 35.4 Å². The monoisotopic (exact) mass is 374 g/mol. The third-order valence-corrected chi connectivity index (χ3v) is 5.09. The molecule has 0 radical (unpaired) electrons. The molecule has 2 nitrogen and oxygen atoms in total. The lowest BCUT2D eigenvalue weighted by Gasteiger charge is -2.10. The molecular formula is C24H20F2N2. The van der Waals surface area contributed by atoms with Crippen molar-refractivity contribution in [2.45, 2.75) is 20.8 Å². The quantitative estimate of drug-likeness (QED) is 0.405. The third-order valence-electron chi connectivity index (χ3n) is 5.09. The van der Waals surface area contributed by atoms with E-state index in [9.17, 15) is 8.78 Å². The van der Waals surface area contributed by atoms with Crippen LogP contribution in [0.4, 0.5) is 8.78 Å². The van der Waals surface area contributed by atoms with Crippen molar-refractivity contribution < 1.29 is 8.78 Å². The van der Waals surface area contributed by atoms with E-state index in [2.05, 4.69) is 26.0 Å². The molecule has 0 fully saturated rings. The molecule has 0 aliphatic heterocycles. The van der Waals surface area contributed by atoms with Crippen LogP contribution in [0.1, 0.15) is 16.7 Å². The van der Waals surface area contributed by atoms with Crippen molar-refractivity contribution in [3.63, 3.8) is 0 Å². The molecule has 28 heavy (non-hydrogen) atoms. The van der Waals surface area contributed by atoms with Crippen LogP contribution in [0, 0.1) is 32.4 Å². The van der Waals surface area contributed by atoms with Crippen LogP contribution in [0.5, 0.6) is 0 Å². The molecule has 0 N–H and O–H groups in total. The fourth-order valence-corrected chi connectivity index (χ4v) is 3.37. The van der Waals surface area contributed by atoms with Crippen LogP contribution in [0.2, 0.25) is 0 Å². The number of aromatic nitrogens is 2. The van der Waals surface area contributed by atoms with Gasteiger partial charge in [0.2, 0.25) is 0 Å². The Morgan fingerprint density at radius 1 is 0.679 bits per heavy atom. The number of rotatable bonds is 3. The number of hydrogen-bond donors (Lipinski definition) is 0. The number of nitrogens with zero attached hydrogens (tertiary/aromatic N) is 2. The van der Waals surface area contributed by atoms with Gasteiger partial charge in [0.05, 0.1) is 17.1 Å². The fraction of sp³-hybridized carbons (Fsp3) is 0.125. The number of aryl methyl sites for hydroxylation is 2. The van der Waals surface area contributed by atoms with Crippen molar-refractivity contribution in [2.24, 2.45) is 0 Å². The van der Waals surface area contributed by atoms with Crippen molar-refractivity contribution in [2.75, 3.05) is 0 Å². The zero-order valence-corrected chi connectivity index (χ0v) is 16.0. The van der Waals surface area contributed by atoms with E-state index in [1.54, 1.807) is 24.3 Å². The maximum atomic E-state index is 13.5. The molecule has 0 amide bonds. The second-order valence-electron chi connectivity index (χ2n) is 7.02. The van der Waals surface area contributed by atoms with Crippen LogP contribution in [-0.2, 0) is 0 Å². The van der Waals surface area contributed by atoms with Gasteiger partial charge in [-0.15, -0.1) is 0 Å². The molecule has 0 bridgehead atoms. The molecule has 4 aromatic rings. The van der Waals surface area contributed by atoms with Gasteiger partial charge in [-0.25, -0.2) is 13.5 Å². The second kappa shape index (κ2) is 7.04. The minimum absolute atomic E-state index is 0.280. The lowest BCUT2D eigenvalue weighted by Crippen LogP contribution is -2.00. The lowest BCUT2D eigenvalue weighted by molar-refractivity contribution is 0.627. The van der Waals surface area contributed by atoms with Gasteiger partial charge >= 0.3 is 0 Å². The highest BCUT2D eigenvalue weighted by Crippen LogP contribution is 2.34. The lowest BCUT2D eigenvalue weighted by atomic mass is 10.0. The van der Waals surface area contributed by atoms with Gasteiger partial charge in [0.15, 0.2) is 0 Å². The fourth-order valence-electron chi connectivity index (χ4n) is 3.37. The molecule has 140 valence electrons. The molecule has 3 aromatic carbocycles. The first-order valence-electron chi connectivity index (χ1n) is 9.13. The third kappa shape index (κ3) is 3.22. The minimum atomic E-state index is -0.284. The highest BCUT2D eigenvalue weighted by atomic mass is 19.1. The topological polar surface area (TPSA) is 17.8 Å². The smallest absolute Gasteiger partial charge is 0.123 e.